The molecule has 1 aliphatic heterocycles. The van der Waals surface area contributed by atoms with Crippen LogP contribution in [0.25, 0.3) is 0 Å². The number of nitrogens with zero attached hydrogens (tertiary/aromatic N) is 2. The molecule has 1 aliphatic rings. The number of anilines is 1. The molecule has 0 radical (unpaired) electrons. The van der Waals surface area contributed by atoms with Gasteiger partial charge < -0.3 is 0 Å². The zero-order chi connectivity index (χ0) is 13.4. The number of carbonyl (C=O) groups is 2. The lowest BCUT2D eigenvalue weighted by molar-refractivity contribution is 0.0925. The quantitative estimate of drug-likeness (QED) is 0.771. The number of hydrogen-bond acceptors (Lipinski definition) is 3. The second-order valence-corrected chi connectivity index (χ2v) is 4.37. The number of hydrogen-bond donors (Lipinski definition) is 0. The zero-order valence-electron chi connectivity index (χ0n) is 10.5. The van der Waals surface area contributed by atoms with Gasteiger partial charge in [0.1, 0.15) is 5.82 Å². The first-order valence-corrected chi connectivity index (χ1v) is 6.15. The minimum atomic E-state index is -0.304. The summed E-state index contributed by atoms with van der Waals surface area (Å²) in [6.45, 7) is 2.01. The summed E-state index contributed by atoms with van der Waals surface area (Å²) in [6.07, 6.45) is 2.40. The summed E-state index contributed by atoms with van der Waals surface area (Å²) in [5, 5.41) is 0. The lowest BCUT2D eigenvalue weighted by Gasteiger charge is -2.11. The molecule has 0 atom stereocenters. The number of fused-ring (bicyclic) bond motifs is 1. The molecule has 0 unspecified atom stereocenters. The van der Waals surface area contributed by atoms with Crippen molar-refractivity contribution in [3.8, 4) is 0 Å². The van der Waals surface area contributed by atoms with Crippen LogP contribution in [0.15, 0.2) is 42.6 Å². The first-order chi connectivity index (χ1) is 9.22. The van der Waals surface area contributed by atoms with Crippen LogP contribution in [0.3, 0.4) is 0 Å². The van der Waals surface area contributed by atoms with E-state index in [0.717, 1.165) is 16.9 Å². The van der Waals surface area contributed by atoms with Crippen LogP contribution in [0.2, 0.25) is 0 Å². The molecular formula is C15H12N2O2. The Bertz CT molecular complexity index is 665. The van der Waals surface area contributed by atoms with Crippen LogP contribution < -0.4 is 4.90 Å². The van der Waals surface area contributed by atoms with Crippen LogP contribution in [-0.2, 0) is 6.42 Å². The molecule has 1 aromatic heterocycles. The Hall–Kier alpha value is -2.49. The van der Waals surface area contributed by atoms with Crippen LogP contribution in [0.4, 0.5) is 5.82 Å². The molecule has 0 spiro atoms. The summed E-state index contributed by atoms with van der Waals surface area (Å²) in [5.74, 6) is -0.234. The van der Waals surface area contributed by atoms with E-state index >= 15 is 0 Å². The number of pyridine rings is 1. The van der Waals surface area contributed by atoms with E-state index in [1.807, 2.05) is 13.0 Å². The van der Waals surface area contributed by atoms with Crippen molar-refractivity contribution in [2.45, 2.75) is 13.3 Å². The second-order valence-electron chi connectivity index (χ2n) is 4.37. The molecule has 94 valence electrons. The third kappa shape index (κ3) is 1.73. The molecule has 0 bridgehead atoms. The Morgan fingerprint density at radius 2 is 1.84 bits per heavy atom. The highest BCUT2D eigenvalue weighted by Gasteiger charge is 2.37. The fourth-order valence-electron chi connectivity index (χ4n) is 2.20. The summed E-state index contributed by atoms with van der Waals surface area (Å²) >= 11 is 0. The highest BCUT2D eigenvalue weighted by atomic mass is 16.2. The van der Waals surface area contributed by atoms with Gasteiger partial charge >= 0.3 is 0 Å². The van der Waals surface area contributed by atoms with Gasteiger partial charge in [-0.3, -0.25) is 9.59 Å². The Morgan fingerprint density at radius 3 is 2.53 bits per heavy atom. The Morgan fingerprint density at radius 1 is 1.05 bits per heavy atom. The van der Waals surface area contributed by atoms with Crippen molar-refractivity contribution in [1.29, 1.82) is 0 Å². The van der Waals surface area contributed by atoms with Crippen LogP contribution in [0.1, 0.15) is 33.2 Å². The lowest BCUT2D eigenvalue weighted by Crippen LogP contribution is -2.30. The zero-order valence-corrected chi connectivity index (χ0v) is 10.5. The van der Waals surface area contributed by atoms with Gasteiger partial charge in [0.25, 0.3) is 11.8 Å². The number of rotatable bonds is 2. The minimum absolute atomic E-state index is 0.297. The Kier molecular flexibility index (Phi) is 2.63. The van der Waals surface area contributed by atoms with E-state index < -0.39 is 0 Å². The number of aryl methyl sites for hydroxylation is 1. The van der Waals surface area contributed by atoms with Crippen molar-refractivity contribution in [3.05, 3.63) is 59.3 Å². The van der Waals surface area contributed by atoms with Gasteiger partial charge in [-0.25, -0.2) is 9.88 Å². The summed E-state index contributed by atoms with van der Waals surface area (Å²) in [6, 6.07) is 10.5. The summed E-state index contributed by atoms with van der Waals surface area (Å²) in [4.78, 5) is 29.8. The van der Waals surface area contributed by atoms with E-state index in [9.17, 15) is 9.59 Å². The van der Waals surface area contributed by atoms with Crippen LogP contribution in [-0.4, -0.2) is 16.8 Å². The highest BCUT2D eigenvalue weighted by molar-refractivity contribution is 6.34. The summed E-state index contributed by atoms with van der Waals surface area (Å²) in [5.41, 5.74) is 1.96. The van der Waals surface area contributed by atoms with E-state index in [2.05, 4.69) is 4.98 Å². The molecule has 1 aromatic carbocycles. The van der Waals surface area contributed by atoms with Crippen molar-refractivity contribution in [2.24, 2.45) is 0 Å². The molecule has 3 rings (SSSR count). The average molecular weight is 252 g/mol. The molecule has 4 heteroatoms. The fraction of sp³-hybridized carbons (Fsp3) is 0.133. The maximum atomic E-state index is 12.3. The topological polar surface area (TPSA) is 50.3 Å². The smallest absolute Gasteiger partial charge is 0.267 e. The third-order valence-electron chi connectivity index (χ3n) is 3.24. The Balaban J connectivity index is 2.10. The highest BCUT2D eigenvalue weighted by Crippen LogP contribution is 2.27. The van der Waals surface area contributed by atoms with Gasteiger partial charge in [0.15, 0.2) is 0 Å². The van der Waals surface area contributed by atoms with Crippen LogP contribution >= 0.6 is 0 Å². The molecule has 0 aliphatic carbocycles. The van der Waals surface area contributed by atoms with Gasteiger partial charge in [-0.2, -0.15) is 0 Å². The average Bonchev–Trinajstić information content (AvgIpc) is 2.71. The summed E-state index contributed by atoms with van der Waals surface area (Å²) < 4.78 is 0. The van der Waals surface area contributed by atoms with Crippen molar-refractivity contribution in [3.63, 3.8) is 0 Å². The van der Waals surface area contributed by atoms with Crippen LogP contribution in [0, 0.1) is 0 Å². The maximum absolute atomic E-state index is 12.3. The number of imide groups is 1. The van der Waals surface area contributed by atoms with E-state index in [-0.39, 0.29) is 11.8 Å². The molecule has 2 aromatic rings. The fourth-order valence-corrected chi connectivity index (χ4v) is 2.20. The van der Waals surface area contributed by atoms with Gasteiger partial charge in [-0.05, 0) is 36.2 Å². The number of amides is 2. The normalized spacial score (nSPS) is 13.8. The molecule has 0 saturated carbocycles. The van der Waals surface area contributed by atoms with Gasteiger partial charge in [0, 0.05) is 6.20 Å². The number of aromatic nitrogens is 1. The first kappa shape index (κ1) is 11.6. The molecule has 2 amide bonds. The molecule has 19 heavy (non-hydrogen) atoms. The number of carbonyl (C=O) groups excluding carboxylic acids is 2. The largest absolute Gasteiger partial charge is 0.268 e. The van der Waals surface area contributed by atoms with E-state index in [1.54, 1.807) is 36.5 Å². The van der Waals surface area contributed by atoms with E-state index in [1.165, 1.54) is 0 Å². The van der Waals surface area contributed by atoms with Crippen LogP contribution in [0.5, 0.6) is 0 Å². The van der Waals surface area contributed by atoms with E-state index in [0.29, 0.717) is 16.9 Å². The van der Waals surface area contributed by atoms with Gasteiger partial charge in [0.05, 0.1) is 11.1 Å². The predicted molar refractivity (Wildman–Crippen MR) is 71.2 cm³/mol. The molecule has 4 nitrogen and oxygen atoms in total. The number of benzene rings is 1. The van der Waals surface area contributed by atoms with Gasteiger partial charge in [-0.1, -0.05) is 19.1 Å². The third-order valence-corrected chi connectivity index (χ3v) is 3.24. The minimum Gasteiger partial charge on any atom is -0.268 e. The molecule has 0 N–H and O–H groups in total. The molecular weight excluding hydrogens is 240 g/mol. The molecule has 0 fully saturated rings. The maximum Gasteiger partial charge on any atom is 0.267 e. The van der Waals surface area contributed by atoms with Gasteiger partial charge in [-0.15, -0.1) is 0 Å². The first-order valence-electron chi connectivity index (χ1n) is 6.15. The van der Waals surface area contributed by atoms with E-state index in [4.69, 9.17) is 0 Å². The van der Waals surface area contributed by atoms with Crippen molar-refractivity contribution in [2.75, 3.05) is 4.90 Å². The Labute approximate surface area is 110 Å². The monoisotopic (exact) mass is 252 g/mol. The van der Waals surface area contributed by atoms with Crippen molar-refractivity contribution < 1.29 is 9.59 Å². The second kappa shape index (κ2) is 4.31. The SMILES string of the molecule is CCc1ccc2c(c1)C(=O)N(c1ccccn1)C2=O. The predicted octanol–water partition coefficient (Wildman–Crippen LogP) is 2.44. The van der Waals surface area contributed by atoms with Crippen molar-refractivity contribution >= 4 is 17.6 Å². The molecule has 0 saturated heterocycles. The summed E-state index contributed by atoms with van der Waals surface area (Å²) in [7, 11) is 0. The van der Waals surface area contributed by atoms with Crippen molar-refractivity contribution in [1.82, 2.24) is 4.98 Å². The lowest BCUT2D eigenvalue weighted by atomic mass is 10.0. The van der Waals surface area contributed by atoms with Gasteiger partial charge in [0.2, 0.25) is 0 Å². The standard InChI is InChI=1S/C15H12N2O2/c1-2-10-6-7-11-12(9-10)15(19)17(14(11)18)13-5-3-4-8-16-13/h3-9H,2H2,1H3. The molecule has 2 heterocycles.